The summed E-state index contributed by atoms with van der Waals surface area (Å²) >= 11 is 13.2. The van der Waals surface area contributed by atoms with Gasteiger partial charge in [-0.3, -0.25) is 9.59 Å². The molecule has 0 aliphatic rings. The fourth-order valence-corrected chi connectivity index (χ4v) is 3.60. The van der Waals surface area contributed by atoms with Crippen molar-refractivity contribution in [2.45, 2.75) is 4.90 Å². The molecule has 2 N–H and O–H groups in total. The van der Waals surface area contributed by atoms with Crippen molar-refractivity contribution in [1.82, 2.24) is 0 Å². The molecule has 3 rings (SSSR count). The predicted octanol–water partition coefficient (Wildman–Crippen LogP) is 6.12. The van der Waals surface area contributed by atoms with Gasteiger partial charge < -0.3 is 10.6 Å². The van der Waals surface area contributed by atoms with Crippen molar-refractivity contribution in [1.29, 1.82) is 0 Å². The summed E-state index contributed by atoms with van der Waals surface area (Å²) in [4.78, 5) is 25.2. The van der Waals surface area contributed by atoms with Gasteiger partial charge in [-0.2, -0.15) is 0 Å². The zero-order chi connectivity index (χ0) is 20.8. The molecule has 0 heterocycles. The maximum Gasteiger partial charge on any atom is 0.255 e. The summed E-state index contributed by atoms with van der Waals surface area (Å²) in [6.45, 7) is 0. The second-order valence-electron chi connectivity index (χ2n) is 5.95. The molecule has 0 atom stereocenters. The molecule has 4 nitrogen and oxygen atoms in total. The zero-order valence-corrected chi connectivity index (χ0v) is 17.2. The Kier molecular flexibility index (Phi) is 7.14. The Morgan fingerprint density at radius 3 is 2.41 bits per heavy atom. The fraction of sp³-hybridized carbons (Fsp3) is 0.0476. The maximum absolute atomic E-state index is 13.0. The van der Waals surface area contributed by atoms with Crippen molar-refractivity contribution in [2.75, 3.05) is 16.4 Å². The van der Waals surface area contributed by atoms with E-state index in [1.54, 1.807) is 36.4 Å². The second-order valence-corrected chi connectivity index (χ2v) is 7.84. The molecular weight excluding hydrogens is 434 g/mol. The SMILES string of the molecule is O=C(CSc1cccc(NC(=O)c2ccc(F)cc2)c1)Nc1ccc(Cl)cc1Cl. The first-order chi connectivity index (χ1) is 13.9. The van der Waals surface area contributed by atoms with Crippen LogP contribution in [0.5, 0.6) is 0 Å². The van der Waals surface area contributed by atoms with Crippen molar-refractivity contribution in [2.24, 2.45) is 0 Å². The number of rotatable bonds is 6. The van der Waals surface area contributed by atoms with Crippen LogP contribution < -0.4 is 10.6 Å². The highest BCUT2D eigenvalue weighted by Gasteiger charge is 2.09. The summed E-state index contributed by atoms with van der Waals surface area (Å²) in [6, 6.07) is 17.2. The number of nitrogens with one attached hydrogen (secondary N) is 2. The summed E-state index contributed by atoms with van der Waals surface area (Å²) in [7, 11) is 0. The fourth-order valence-electron chi connectivity index (χ4n) is 2.39. The number of anilines is 2. The molecule has 2 amide bonds. The number of hydrogen-bond acceptors (Lipinski definition) is 3. The number of amides is 2. The van der Waals surface area contributed by atoms with E-state index in [4.69, 9.17) is 23.2 Å². The Morgan fingerprint density at radius 2 is 1.69 bits per heavy atom. The molecule has 148 valence electrons. The lowest BCUT2D eigenvalue weighted by atomic mass is 10.2. The van der Waals surface area contributed by atoms with Gasteiger partial charge in [-0.05, 0) is 60.7 Å². The van der Waals surface area contributed by atoms with Crippen molar-refractivity contribution in [3.63, 3.8) is 0 Å². The molecule has 0 unspecified atom stereocenters. The average molecular weight is 449 g/mol. The highest BCUT2D eigenvalue weighted by molar-refractivity contribution is 8.00. The van der Waals surface area contributed by atoms with Gasteiger partial charge in [0.05, 0.1) is 16.5 Å². The lowest BCUT2D eigenvalue weighted by molar-refractivity contribution is -0.113. The zero-order valence-electron chi connectivity index (χ0n) is 14.9. The summed E-state index contributed by atoms with van der Waals surface area (Å²) in [5.41, 5.74) is 1.41. The molecule has 0 saturated carbocycles. The van der Waals surface area contributed by atoms with Crippen LogP contribution in [0.25, 0.3) is 0 Å². The van der Waals surface area contributed by atoms with Gasteiger partial charge in [0.25, 0.3) is 5.91 Å². The van der Waals surface area contributed by atoms with Crippen molar-refractivity contribution < 1.29 is 14.0 Å². The molecule has 8 heteroatoms. The Hall–Kier alpha value is -2.54. The minimum absolute atomic E-state index is 0.161. The second kappa shape index (κ2) is 9.78. The highest BCUT2D eigenvalue weighted by Crippen LogP contribution is 2.26. The average Bonchev–Trinajstić information content (AvgIpc) is 2.69. The summed E-state index contributed by atoms with van der Waals surface area (Å²) in [5, 5.41) is 6.33. The number of benzene rings is 3. The van der Waals surface area contributed by atoms with Gasteiger partial charge >= 0.3 is 0 Å². The minimum Gasteiger partial charge on any atom is -0.324 e. The largest absolute Gasteiger partial charge is 0.324 e. The normalized spacial score (nSPS) is 10.4. The van der Waals surface area contributed by atoms with Gasteiger partial charge in [0, 0.05) is 21.2 Å². The van der Waals surface area contributed by atoms with Gasteiger partial charge in [0.1, 0.15) is 5.82 Å². The van der Waals surface area contributed by atoms with E-state index >= 15 is 0 Å². The Bertz CT molecular complexity index is 1050. The first kappa shape index (κ1) is 21.2. The van der Waals surface area contributed by atoms with Crippen LogP contribution >= 0.6 is 35.0 Å². The molecule has 0 saturated heterocycles. The number of hydrogen-bond donors (Lipinski definition) is 2. The van der Waals surface area contributed by atoms with Gasteiger partial charge in [0.2, 0.25) is 5.91 Å². The molecule has 0 bridgehead atoms. The first-order valence-corrected chi connectivity index (χ1v) is 10.2. The van der Waals surface area contributed by atoms with Crippen LogP contribution in [0.15, 0.2) is 71.6 Å². The lowest BCUT2D eigenvalue weighted by Gasteiger charge is -2.09. The van der Waals surface area contributed by atoms with Gasteiger partial charge in [-0.25, -0.2) is 4.39 Å². The highest BCUT2D eigenvalue weighted by atomic mass is 35.5. The lowest BCUT2D eigenvalue weighted by Crippen LogP contribution is -2.14. The van der Waals surface area contributed by atoms with E-state index in [2.05, 4.69) is 10.6 Å². The molecular formula is C21H15Cl2FN2O2S. The minimum atomic E-state index is -0.405. The molecule has 3 aromatic rings. The molecule has 29 heavy (non-hydrogen) atoms. The van der Waals surface area contributed by atoms with E-state index in [1.807, 2.05) is 6.07 Å². The topological polar surface area (TPSA) is 58.2 Å². The molecule has 0 aliphatic carbocycles. The number of halogens is 3. The number of carbonyl (C=O) groups is 2. The van der Waals surface area contributed by atoms with Crippen molar-refractivity contribution in [3.8, 4) is 0 Å². The third-order valence-electron chi connectivity index (χ3n) is 3.77. The number of carbonyl (C=O) groups excluding carboxylic acids is 2. The van der Waals surface area contributed by atoms with Gasteiger partial charge in [0.15, 0.2) is 0 Å². The van der Waals surface area contributed by atoms with Crippen LogP contribution in [0.2, 0.25) is 10.0 Å². The molecule has 0 radical (unpaired) electrons. The molecule has 0 fully saturated rings. The first-order valence-electron chi connectivity index (χ1n) is 8.45. The predicted molar refractivity (Wildman–Crippen MR) is 117 cm³/mol. The van der Waals surface area contributed by atoms with E-state index in [9.17, 15) is 14.0 Å². The van der Waals surface area contributed by atoms with Crippen LogP contribution in [0.3, 0.4) is 0 Å². The Labute approximate surface area is 181 Å². The standard InChI is InChI=1S/C21H15Cl2FN2O2S/c22-14-6-9-19(18(23)10-14)26-20(27)12-29-17-3-1-2-16(11-17)25-21(28)13-4-7-15(24)8-5-13/h1-11H,12H2,(H,25,28)(H,26,27). The van der Waals surface area contributed by atoms with Gasteiger partial charge in [-0.15, -0.1) is 11.8 Å². The third kappa shape index (κ3) is 6.22. The molecule has 3 aromatic carbocycles. The van der Waals surface area contributed by atoms with E-state index in [0.29, 0.717) is 27.0 Å². The Balaban J connectivity index is 1.57. The molecule has 0 aromatic heterocycles. The van der Waals surface area contributed by atoms with Crippen molar-refractivity contribution >= 4 is 58.2 Å². The van der Waals surface area contributed by atoms with Crippen LogP contribution in [0.4, 0.5) is 15.8 Å². The van der Waals surface area contributed by atoms with Crippen LogP contribution in [0, 0.1) is 5.82 Å². The monoisotopic (exact) mass is 448 g/mol. The van der Waals surface area contributed by atoms with E-state index in [1.165, 1.54) is 36.0 Å². The quantitative estimate of drug-likeness (QED) is 0.446. The van der Waals surface area contributed by atoms with Gasteiger partial charge in [-0.1, -0.05) is 29.3 Å². The van der Waals surface area contributed by atoms with Crippen LogP contribution in [-0.2, 0) is 4.79 Å². The van der Waals surface area contributed by atoms with E-state index < -0.39 is 5.82 Å². The Morgan fingerprint density at radius 1 is 0.931 bits per heavy atom. The van der Waals surface area contributed by atoms with Crippen LogP contribution in [0.1, 0.15) is 10.4 Å². The van der Waals surface area contributed by atoms with E-state index in [-0.39, 0.29) is 17.6 Å². The summed E-state index contributed by atoms with van der Waals surface area (Å²) in [6.07, 6.45) is 0. The summed E-state index contributed by atoms with van der Waals surface area (Å²) in [5.74, 6) is -0.811. The maximum atomic E-state index is 13.0. The third-order valence-corrected chi connectivity index (χ3v) is 5.32. The molecule has 0 spiro atoms. The summed E-state index contributed by atoms with van der Waals surface area (Å²) < 4.78 is 13.0. The smallest absolute Gasteiger partial charge is 0.255 e. The van der Waals surface area contributed by atoms with E-state index in [0.717, 1.165) is 4.90 Å². The van der Waals surface area contributed by atoms with Crippen LogP contribution in [-0.4, -0.2) is 17.6 Å². The van der Waals surface area contributed by atoms with Crippen molar-refractivity contribution in [3.05, 3.63) is 88.2 Å². The molecule has 0 aliphatic heterocycles. The number of thioether (sulfide) groups is 1.